The van der Waals surface area contributed by atoms with Gasteiger partial charge in [0.15, 0.2) is 17.3 Å². The summed E-state index contributed by atoms with van der Waals surface area (Å²) in [5.74, 6) is -2.34. The van der Waals surface area contributed by atoms with Crippen LogP contribution in [-0.4, -0.2) is 32.5 Å². The normalized spacial score (nSPS) is 23.4. The number of hydrogen-bond acceptors (Lipinski definition) is 7. The molecule has 0 saturated carbocycles. The van der Waals surface area contributed by atoms with Crippen molar-refractivity contribution >= 4 is 28.3 Å². The van der Waals surface area contributed by atoms with Gasteiger partial charge in [0.1, 0.15) is 34.0 Å². The van der Waals surface area contributed by atoms with Gasteiger partial charge in [0.05, 0.1) is 17.2 Å². The fraction of sp³-hybridized carbons (Fsp3) is 0.300. The summed E-state index contributed by atoms with van der Waals surface area (Å²) in [7, 11) is 0. The molecule has 0 spiro atoms. The number of nitrogens with one attached hydrogen (secondary N) is 2. The number of Topliss-reactive ketones (excluding diaryl/α,β-unsaturated/α-hetero) is 2. The van der Waals surface area contributed by atoms with E-state index in [2.05, 4.69) is 16.4 Å². The molecule has 2 aliphatic carbocycles. The third-order valence-electron chi connectivity index (χ3n) is 8.27. The average Bonchev–Trinajstić information content (AvgIpc) is 3.39. The lowest BCUT2D eigenvalue weighted by Gasteiger charge is -2.30. The topological polar surface area (TPSA) is 129 Å². The molecule has 8 heteroatoms. The number of benzene rings is 2. The second-order valence-electron chi connectivity index (χ2n) is 10.5. The number of para-hydroxylation sites is 1. The van der Waals surface area contributed by atoms with E-state index in [1.54, 1.807) is 13.8 Å². The van der Waals surface area contributed by atoms with E-state index in [-0.39, 0.29) is 45.6 Å². The van der Waals surface area contributed by atoms with E-state index >= 15 is 0 Å². The Bertz CT molecular complexity index is 1670. The zero-order chi connectivity index (χ0) is 27.1. The standard InChI is InChI=1S/C30H28N2O6/c1-13-26(35)23(15(3)33)28-24(27(13)36)30(4)21(38-28)12-20(34)22(29(30)37)14(2)31-19-11-7-9-17-16-8-5-6-10-18(16)32-25(17)19/h5-6,8,10,12,19,31-32,35-36H,7,9,11H2,1-4H3. The Morgan fingerprint density at radius 1 is 1.16 bits per heavy atom. The third-order valence-corrected chi connectivity index (χ3v) is 8.27. The lowest BCUT2D eigenvalue weighted by molar-refractivity contribution is -0.123. The van der Waals surface area contributed by atoms with E-state index in [0.717, 1.165) is 30.5 Å². The summed E-state index contributed by atoms with van der Waals surface area (Å²) in [5.41, 5.74) is 2.26. The lowest BCUT2D eigenvalue weighted by atomic mass is 9.70. The second-order valence-corrected chi connectivity index (χ2v) is 10.5. The molecule has 2 aromatic carbocycles. The number of carbonyl (C=O) groups excluding carboxylic acids is 3. The summed E-state index contributed by atoms with van der Waals surface area (Å²) in [6, 6.07) is 8.02. The van der Waals surface area contributed by atoms with Gasteiger partial charge < -0.3 is 25.3 Å². The molecule has 0 bridgehead atoms. The predicted octanol–water partition coefficient (Wildman–Crippen LogP) is 4.72. The molecule has 0 saturated heterocycles. The number of carbonyl (C=O) groups is 3. The molecular formula is C30H28N2O6. The van der Waals surface area contributed by atoms with Crippen molar-refractivity contribution in [2.45, 2.75) is 58.4 Å². The number of phenols is 2. The fourth-order valence-electron chi connectivity index (χ4n) is 6.26. The summed E-state index contributed by atoms with van der Waals surface area (Å²) >= 11 is 0. The Labute approximate surface area is 219 Å². The number of fused-ring (bicyclic) bond motifs is 6. The molecule has 2 heterocycles. The molecule has 4 N–H and O–H groups in total. The number of ketones is 3. The van der Waals surface area contributed by atoms with Crippen LogP contribution in [0.4, 0.5) is 0 Å². The summed E-state index contributed by atoms with van der Waals surface area (Å²) in [6.45, 7) is 6.02. The van der Waals surface area contributed by atoms with Crippen LogP contribution in [0.2, 0.25) is 0 Å². The molecule has 8 nitrogen and oxygen atoms in total. The van der Waals surface area contributed by atoms with Crippen LogP contribution in [0, 0.1) is 6.92 Å². The van der Waals surface area contributed by atoms with Gasteiger partial charge in [-0.25, -0.2) is 0 Å². The Kier molecular flexibility index (Phi) is 5.11. The highest BCUT2D eigenvalue weighted by Crippen LogP contribution is 2.57. The van der Waals surface area contributed by atoms with E-state index in [1.165, 1.54) is 30.9 Å². The van der Waals surface area contributed by atoms with Gasteiger partial charge in [-0.1, -0.05) is 18.2 Å². The van der Waals surface area contributed by atoms with Crippen LogP contribution in [0.15, 0.2) is 47.4 Å². The van der Waals surface area contributed by atoms with Crippen LogP contribution in [0.5, 0.6) is 17.2 Å². The second kappa shape index (κ2) is 8.08. The first kappa shape index (κ1) is 24.0. The molecule has 0 fully saturated rings. The number of phenolic OH excluding ortho intramolecular Hbond substituents is 2. The molecular weight excluding hydrogens is 484 g/mol. The number of ether oxygens (including phenoxy) is 1. The van der Waals surface area contributed by atoms with Crippen LogP contribution in [0.25, 0.3) is 10.9 Å². The number of hydrogen-bond donors (Lipinski definition) is 4. The first-order chi connectivity index (χ1) is 18.1. The number of H-pyrrole nitrogens is 1. The smallest absolute Gasteiger partial charge is 0.194 e. The summed E-state index contributed by atoms with van der Waals surface area (Å²) < 4.78 is 5.85. The molecule has 194 valence electrons. The molecule has 0 radical (unpaired) electrons. The number of aromatic amines is 1. The Morgan fingerprint density at radius 2 is 1.89 bits per heavy atom. The molecule has 38 heavy (non-hydrogen) atoms. The number of rotatable bonds is 3. The number of aryl methyl sites for hydroxylation is 1. The van der Waals surface area contributed by atoms with E-state index in [9.17, 15) is 24.6 Å². The van der Waals surface area contributed by atoms with Gasteiger partial charge in [0.2, 0.25) is 0 Å². The first-order valence-electron chi connectivity index (χ1n) is 12.7. The molecule has 1 aliphatic heterocycles. The van der Waals surface area contributed by atoms with Gasteiger partial charge in [0, 0.05) is 33.9 Å². The highest BCUT2D eigenvalue weighted by molar-refractivity contribution is 6.31. The van der Waals surface area contributed by atoms with Gasteiger partial charge in [-0.15, -0.1) is 0 Å². The molecule has 0 amide bonds. The summed E-state index contributed by atoms with van der Waals surface area (Å²) in [5, 5.41) is 26.2. The van der Waals surface area contributed by atoms with Crippen molar-refractivity contribution in [3.8, 4) is 17.2 Å². The van der Waals surface area contributed by atoms with Gasteiger partial charge >= 0.3 is 0 Å². The zero-order valence-corrected chi connectivity index (χ0v) is 21.6. The van der Waals surface area contributed by atoms with Crippen molar-refractivity contribution in [3.05, 3.63) is 75.3 Å². The van der Waals surface area contributed by atoms with E-state index in [4.69, 9.17) is 4.74 Å². The molecule has 3 aliphatic rings. The van der Waals surface area contributed by atoms with Crippen molar-refractivity contribution in [3.63, 3.8) is 0 Å². The van der Waals surface area contributed by atoms with Crippen molar-refractivity contribution in [1.82, 2.24) is 10.3 Å². The predicted molar refractivity (Wildman–Crippen MR) is 140 cm³/mol. The summed E-state index contributed by atoms with van der Waals surface area (Å²) in [4.78, 5) is 43.3. The number of allylic oxidation sites excluding steroid dienone is 4. The van der Waals surface area contributed by atoms with Gasteiger partial charge in [-0.2, -0.15) is 0 Å². The molecule has 2 atom stereocenters. The highest BCUT2D eigenvalue weighted by Gasteiger charge is 2.56. The minimum atomic E-state index is -1.53. The van der Waals surface area contributed by atoms with Crippen LogP contribution in [-0.2, 0) is 21.4 Å². The Morgan fingerprint density at radius 3 is 2.63 bits per heavy atom. The first-order valence-corrected chi connectivity index (χ1v) is 12.7. The monoisotopic (exact) mass is 512 g/mol. The maximum atomic E-state index is 14.1. The van der Waals surface area contributed by atoms with Crippen LogP contribution in [0.1, 0.15) is 72.4 Å². The van der Waals surface area contributed by atoms with Gasteiger partial charge in [-0.3, -0.25) is 14.4 Å². The Balaban J connectivity index is 1.45. The molecule has 1 aromatic heterocycles. The van der Waals surface area contributed by atoms with Crippen molar-refractivity contribution in [2.75, 3.05) is 0 Å². The number of aromatic hydroxyl groups is 2. The minimum absolute atomic E-state index is 0.0227. The SMILES string of the molecule is CC(=O)c1c(O)c(C)c(O)c2c1OC1=CC(=O)C(=C(C)NC3CCCc4c3[nH]c3ccccc43)C(=O)C12C. The van der Waals surface area contributed by atoms with Gasteiger partial charge in [0.25, 0.3) is 0 Å². The van der Waals surface area contributed by atoms with Crippen molar-refractivity contribution < 1.29 is 29.3 Å². The quantitative estimate of drug-likeness (QED) is 0.227. The Hall–Kier alpha value is -4.33. The fourth-order valence-corrected chi connectivity index (χ4v) is 6.26. The van der Waals surface area contributed by atoms with Crippen molar-refractivity contribution in [1.29, 1.82) is 0 Å². The third kappa shape index (κ3) is 3.06. The lowest BCUT2D eigenvalue weighted by Crippen LogP contribution is -2.41. The summed E-state index contributed by atoms with van der Waals surface area (Å²) in [6.07, 6.45) is 3.99. The number of aromatic nitrogens is 1. The highest BCUT2D eigenvalue weighted by atomic mass is 16.5. The minimum Gasteiger partial charge on any atom is -0.507 e. The molecule has 2 unspecified atom stereocenters. The van der Waals surface area contributed by atoms with Crippen LogP contribution >= 0.6 is 0 Å². The van der Waals surface area contributed by atoms with E-state index < -0.39 is 28.5 Å². The van der Waals surface area contributed by atoms with Crippen LogP contribution in [0.3, 0.4) is 0 Å². The van der Waals surface area contributed by atoms with E-state index in [0.29, 0.717) is 5.70 Å². The maximum absolute atomic E-state index is 14.1. The molecule has 3 aromatic rings. The van der Waals surface area contributed by atoms with Crippen molar-refractivity contribution in [2.24, 2.45) is 0 Å². The average molecular weight is 513 g/mol. The largest absolute Gasteiger partial charge is 0.507 e. The van der Waals surface area contributed by atoms with E-state index in [1.807, 2.05) is 18.2 Å². The van der Waals surface area contributed by atoms with Crippen LogP contribution < -0.4 is 10.1 Å². The van der Waals surface area contributed by atoms with Gasteiger partial charge in [-0.05, 0) is 58.6 Å². The maximum Gasteiger partial charge on any atom is 0.194 e. The molecule has 6 rings (SSSR count). The zero-order valence-electron chi connectivity index (χ0n) is 21.6.